The lowest BCUT2D eigenvalue weighted by Gasteiger charge is -2.21. The molecular formula is C77H128O17P2. The molecule has 3 N–H and O–H groups in total. The number of phosphoric acid groups is 2. The SMILES string of the molecule is CC/C=C\C/C=C\C/C=C\C/C=C\CCCCC(=O)OCC(COP(=O)(O)OCC(O)COP(=O)(O)OCC(COC(=O)CCCCCCC/C=C\C/C=C\CCC)OC(=O)CCCCCCC/C=C\CCCCCC)OC(=O)CCCC/C=C\C/C=C\C/C=C\C/C=C\CC. The van der Waals surface area contributed by atoms with Crippen LogP contribution in [0.3, 0.4) is 0 Å². The van der Waals surface area contributed by atoms with Crippen molar-refractivity contribution in [2.75, 3.05) is 39.6 Å². The van der Waals surface area contributed by atoms with Gasteiger partial charge in [-0.05, 0) is 154 Å². The van der Waals surface area contributed by atoms with E-state index in [4.69, 9.17) is 37.0 Å². The Bertz CT molecular complexity index is 2350. The van der Waals surface area contributed by atoms with E-state index in [-0.39, 0.29) is 25.7 Å². The zero-order chi connectivity index (χ0) is 70.4. The summed E-state index contributed by atoms with van der Waals surface area (Å²) in [6, 6.07) is 0. The molecule has 5 unspecified atom stereocenters. The number of unbranched alkanes of at least 4 members (excludes halogenated alkanes) is 19. The van der Waals surface area contributed by atoms with Gasteiger partial charge in [0.15, 0.2) is 12.2 Å². The van der Waals surface area contributed by atoms with Crippen LogP contribution in [0, 0.1) is 0 Å². The fraction of sp³-hybridized carbons (Fsp3) is 0.662. The van der Waals surface area contributed by atoms with Gasteiger partial charge in [0.2, 0.25) is 0 Å². The third-order valence-corrected chi connectivity index (χ3v) is 16.5. The molecule has 0 rings (SSSR count). The number of carbonyl (C=O) groups is 4. The van der Waals surface area contributed by atoms with Crippen LogP contribution in [0.15, 0.2) is 134 Å². The summed E-state index contributed by atoms with van der Waals surface area (Å²) >= 11 is 0. The Balaban J connectivity index is 5.44. The lowest BCUT2D eigenvalue weighted by atomic mass is 10.1. The predicted octanol–water partition coefficient (Wildman–Crippen LogP) is 20.5. The number of rotatable bonds is 67. The van der Waals surface area contributed by atoms with E-state index in [1.54, 1.807) is 0 Å². The predicted molar refractivity (Wildman–Crippen MR) is 390 cm³/mol. The fourth-order valence-corrected chi connectivity index (χ4v) is 10.6. The number of hydrogen-bond donors (Lipinski definition) is 3. The molecule has 0 saturated carbocycles. The Labute approximate surface area is 580 Å². The molecule has 0 aliphatic carbocycles. The number of aliphatic hydroxyl groups excluding tert-OH is 1. The second kappa shape index (κ2) is 68.7. The van der Waals surface area contributed by atoms with Gasteiger partial charge >= 0.3 is 39.5 Å². The lowest BCUT2D eigenvalue weighted by molar-refractivity contribution is -0.161. The number of hydrogen-bond acceptors (Lipinski definition) is 15. The molecule has 0 aromatic carbocycles. The summed E-state index contributed by atoms with van der Waals surface area (Å²) in [5, 5.41) is 10.6. The number of esters is 4. The molecule has 0 bridgehead atoms. The van der Waals surface area contributed by atoms with Crippen LogP contribution in [-0.2, 0) is 65.4 Å². The van der Waals surface area contributed by atoms with Crippen LogP contribution < -0.4 is 0 Å². The van der Waals surface area contributed by atoms with Gasteiger partial charge in [-0.3, -0.25) is 37.3 Å². The van der Waals surface area contributed by atoms with Gasteiger partial charge < -0.3 is 33.8 Å². The molecule has 0 radical (unpaired) electrons. The molecule has 548 valence electrons. The lowest BCUT2D eigenvalue weighted by Crippen LogP contribution is -2.30. The highest BCUT2D eigenvalue weighted by Gasteiger charge is 2.30. The molecule has 0 aliphatic rings. The summed E-state index contributed by atoms with van der Waals surface area (Å²) in [5.41, 5.74) is 0. The average molecular weight is 1390 g/mol. The Hall–Kier alpha value is -4.80. The Morgan fingerprint density at radius 2 is 0.562 bits per heavy atom. The van der Waals surface area contributed by atoms with Crippen molar-refractivity contribution in [2.24, 2.45) is 0 Å². The van der Waals surface area contributed by atoms with E-state index in [2.05, 4.69) is 161 Å². The van der Waals surface area contributed by atoms with E-state index < -0.39 is 97.5 Å². The van der Waals surface area contributed by atoms with Crippen molar-refractivity contribution in [3.05, 3.63) is 134 Å². The number of ether oxygens (including phenoxy) is 4. The molecule has 0 aliphatic heterocycles. The monoisotopic (exact) mass is 1390 g/mol. The van der Waals surface area contributed by atoms with E-state index >= 15 is 0 Å². The topological polar surface area (TPSA) is 237 Å². The van der Waals surface area contributed by atoms with Crippen LogP contribution in [0.4, 0.5) is 0 Å². The molecule has 0 spiro atoms. The van der Waals surface area contributed by atoms with Crippen LogP contribution in [-0.4, -0.2) is 96.7 Å². The van der Waals surface area contributed by atoms with Gasteiger partial charge in [-0.25, -0.2) is 9.13 Å². The smallest absolute Gasteiger partial charge is 0.462 e. The fourth-order valence-electron chi connectivity index (χ4n) is 9.06. The van der Waals surface area contributed by atoms with E-state index in [0.717, 1.165) is 161 Å². The van der Waals surface area contributed by atoms with E-state index in [9.17, 15) is 43.2 Å². The summed E-state index contributed by atoms with van der Waals surface area (Å²) in [5.74, 6) is -2.30. The highest BCUT2D eigenvalue weighted by molar-refractivity contribution is 7.47. The van der Waals surface area contributed by atoms with Gasteiger partial charge in [0.1, 0.15) is 19.3 Å². The Kier molecular flexibility index (Phi) is 65.3. The quantitative estimate of drug-likeness (QED) is 0.0169. The van der Waals surface area contributed by atoms with Crippen LogP contribution >= 0.6 is 15.6 Å². The average Bonchev–Trinajstić information content (AvgIpc) is 1.36. The van der Waals surface area contributed by atoms with Gasteiger partial charge in [-0.15, -0.1) is 0 Å². The summed E-state index contributed by atoms with van der Waals surface area (Å²) in [6.07, 6.45) is 74.6. The van der Waals surface area contributed by atoms with E-state index in [1.165, 1.54) is 25.7 Å². The first kappa shape index (κ1) is 91.2. The maximum absolute atomic E-state index is 13.0. The third-order valence-electron chi connectivity index (χ3n) is 14.6. The zero-order valence-corrected chi connectivity index (χ0v) is 61.3. The molecule has 96 heavy (non-hydrogen) atoms. The third kappa shape index (κ3) is 67.8. The zero-order valence-electron chi connectivity index (χ0n) is 59.5. The molecule has 0 saturated heterocycles. The molecule has 0 amide bonds. The Morgan fingerprint density at radius 3 is 0.906 bits per heavy atom. The largest absolute Gasteiger partial charge is 0.472 e. The van der Waals surface area contributed by atoms with Crippen molar-refractivity contribution in [1.29, 1.82) is 0 Å². The van der Waals surface area contributed by atoms with Crippen molar-refractivity contribution < 1.29 is 80.2 Å². The summed E-state index contributed by atoms with van der Waals surface area (Å²) < 4.78 is 68.2. The van der Waals surface area contributed by atoms with Gasteiger partial charge in [0.25, 0.3) is 0 Å². The molecule has 0 heterocycles. The molecule has 0 fully saturated rings. The number of allylic oxidation sites excluding steroid dienone is 22. The van der Waals surface area contributed by atoms with Crippen molar-refractivity contribution in [2.45, 2.75) is 290 Å². The molecule has 19 heteroatoms. The maximum Gasteiger partial charge on any atom is 0.472 e. The van der Waals surface area contributed by atoms with Crippen molar-refractivity contribution in [1.82, 2.24) is 0 Å². The highest BCUT2D eigenvalue weighted by atomic mass is 31.2. The van der Waals surface area contributed by atoms with Gasteiger partial charge in [-0.2, -0.15) is 0 Å². The summed E-state index contributed by atoms with van der Waals surface area (Å²) in [4.78, 5) is 72.7. The number of carbonyl (C=O) groups excluding carboxylic acids is 4. The normalized spacial score (nSPS) is 14.8. The van der Waals surface area contributed by atoms with E-state index in [1.807, 2.05) is 0 Å². The molecule has 5 atom stereocenters. The second-order valence-corrected chi connectivity index (χ2v) is 26.7. The van der Waals surface area contributed by atoms with Gasteiger partial charge in [-0.1, -0.05) is 226 Å². The molecule has 17 nitrogen and oxygen atoms in total. The summed E-state index contributed by atoms with van der Waals surface area (Å²) in [7, 11) is -9.98. The number of aliphatic hydroxyl groups is 1. The maximum atomic E-state index is 13.0. The first-order chi connectivity index (χ1) is 46.7. The van der Waals surface area contributed by atoms with Crippen LogP contribution in [0.2, 0.25) is 0 Å². The minimum Gasteiger partial charge on any atom is -0.462 e. The highest BCUT2D eigenvalue weighted by Crippen LogP contribution is 2.45. The van der Waals surface area contributed by atoms with Crippen LogP contribution in [0.5, 0.6) is 0 Å². The van der Waals surface area contributed by atoms with Gasteiger partial charge in [0, 0.05) is 25.7 Å². The van der Waals surface area contributed by atoms with Gasteiger partial charge in [0.05, 0.1) is 26.4 Å². The standard InChI is InChI=1S/C77H128O17P2/c1-5-9-13-17-21-25-29-33-35-39-42-46-50-54-58-62-75(80)88-68-73(94-77(82)64-60-56-52-48-44-40-36-34-30-26-22-18-14-10-6-2)70-92-96(85,86)90-66-71(78)65-89-95(83,84)91-69-72(93-76(81)63-59-55-51-47-43-38-32-28-24-20-16-12-8-4)67-87-74(79)61-57-53-49-45-41-37-31-27-23-19-15-11-7-3/h9-10,13-15,19,21-22,25-28,31-36,42,44,46,48,71-73,78H,5-8,11-12,16-18,20,23-24,29-30,37-41,43,45,47,49-70H2,1-4H3,(H,83,84)(H,85,86)/b13-9-,14-10-,19-15-,25-21-,26-22-,31-27-,32-28-,35-33-,36-34-,46-42-,48-44-. The first-order valence-electron chi connectivity index (χ1n) is 36.4. The molecular weight excluding hydrogens is 1260 g/mol. The van der Waals surface area contributed by atoms with Crippen LogP contribution in [0.25, 0.3) is 0 Å². The molecule has 0 aromatic heterocycles. The molecule has 0 aromatic rings. The number of phosphoric ester groups is 2. The second-order valence-electron chi connectivity index (χ2n) is 23.8. The van der Waals surface area contributed by atoms with Crippen molar-refractivity contribution in [3.63, 3.8) is 0 Å². The van der Waals surface area contributed by atoms with E-state index in [0.29, 0.717) is 32.1 Å². The minimum atomic E-state index is -5.00. The van der Waals surface area contributed by atoms with Crippen molar-refractivity contribution in [3.8, 4) is 0 Å². The van der Waals surface area contributed by atoms with Crippen molar-refractivity contribution >= 4 is 39.5 Å². The minimum absolute atomic E-state index is 0.0294. The van der Waals surface area contributed by atoms with Crippen LogP contribution in [0.1, 0.15) is 272 Å². The first-order valence-corrected chi connectivity index (χ1v) is 39.4. The Morgan fingerprint density at radius 1 is 0.302 bits per heavy atom. The summed E-state index contributed by atoms with van der Waals surface area (Å²) in [6.45, 7) is 4.41.